The molecule has 2 N–H and O–H groups in total. The molecule has 0 aliphatic heterocycles. The minimum absolute atomic E-state index is 0.00853. The van der Waals surface area contributed by atoms with Gasteiger partial charge >= 0.3 is 0 Å². The first kappa shape index (κ1) is 15.5. The van der Waals surface area contributed by atoms with E-state index < -0.39 is 0 Å². The molecule has 0 aliphatic carbocycles. The van der Waals surface area contributed by atoms with Gasteiger partial charge in [-0.15, -0.1) is 11.8 Å². The topological polar surface area (TPSA) is 26.0 Å². The molecule has 0 amide bonds. The van der Waals surface area contributed by atoms with E-state index in [0.717, 1.165) is 15.8 Å². The van der Waals surface area contributed by atoms with Gasteiger partial charge in [-0.05, 0) is 49.2 Å². The van der Waals surface area contributed by atoms with Crippen molar-refractivity contribution in [2.75, 3.05) is 5.75 Å². The Bertz CT molecular complexity index is 568. The summed E-state index contributed by atoms with van der Waals surface area (Å²) in [6, 6.07) is 13.3. The maximum atomic E-state index is 13.3. The summed E-state index contributed by atoms with van der Waals surface area (Å²) in [5.41, 5.74) is 8.31. The molecular weight excluding hydrogens is 337 g/mol. The van der Waals surface area contributed by atoms with Crippen molar-refractivity contribution in [1.82, 2.24) is 0 Å². The van der Waals surface area contributed by atoms with Crippen LogP contribution in [0.3, 0.4) is 0 Å². The van der Waals surface area contributed by atoms with Crippen LogP contribution in [0.4, 0.5) is 4.39 Å². The smallest absolute Gasteiger partial charge is 0.124 e. The van der Waals surface area contributed by atoms with Gasteiger partial charge in [-0.3, -0.25) is 0 Å². The van der Waals surface area contributed by atoms with Crippen molar-refractivity contribution in [3.8, 4) is 0 Å². The Hall–Kier alpha value is -0.840. The molecule has 0 heterocycles. The Labute approximate surface area is 131 Å². The molecule has 0 aliphatic rings. The van der Waals surface area contributed by atoms with E-state index >= 15 is 0 Å². The first-order valence-corrected chi connectivity index (χ1v) is 8.21. The maximum Gasteiger partial charge on any atom is 0.124 e. The van der Waals surface area contributed by atoms with Gasteiger partial charge in [0, 0.05) is 21.2 Å². The molecule has 106 valence electrons. The van der Waals surface area contributed by atoms with Crippen LogP contribution in [-0.4, -0.2) is 11.8 Å². The fourth-order valence-electron chi connectivity index (χ4n) is 2.00. The molecule has 0 fully saturated rings. The second kappa shape index (κ2) is 7.25. The predicted molar refractivity (Wildman–Crippen MR) is 87.7 cm³/mol. The van der Waals surface area contributed by atoms with Gasteiger partial charge in [0.2, 0.25) is 0 Å². The third kappa shape index (κ3) is 4.93. The summed E-state index contributed by atoms with van der Waals surface area (Å²) in [6.45, 7) is 2.08. The van der Waals surface area contributed by atoms with E-state index in [-0.39, 0.29) is 11.9 Å². The van der Waals surface area contributed by atoms with Gasteiger partial charge in [0.05, 0.1) is 0 Å². The van der Waals surface area contributed by atoms with E-state index in [9.17, 15) is 4.39 Å². The van der Waals surface area contributed by atoms with Gasteiger partial charge < -0.3 is 5.73 Å². The first-order valence-electron chi connectivity index (χ1n) is 6.43. The third-order valence-electron chi connectivity index (χ3n) is 2.87. The van der Waals surface area contributed by atoms with Crippen LogP contribution in [0.1, 0.15) is 11.1 Å². The van der Waals surface area contributed by atoms with Crippen molar-refractivity contribution in [3.63, 3.8) is 0 Å². The Morgan fingerprint density at radius 3 is 2.75 bits per heavy atom. The lowest BCUT2D eigenvalue weighted by atomic mass is 10.1. The van der Waals surface area contributed by atoms with Crippen LogP contribution >= 0.6 is 27.7 Å². The summed E-state index contributed by atoms with van der Waals surface area (Å²) in [5, 5.41) is 0. The fourth-order valence-corrected chi connectivity index (χ4v) is 3.48. The number of halogens is 2. The fraction of sp³-hybridized carbons (Fsp3) is 0.250. The second-order valence-electron chi connectivity index (χ2n) is 4.87. The van der Waals surface area contributed by atoms with E-state index in [4.69, 9.17) is 5.73 Å². The van der Waals surface area contributed by atoms with Crippen molar-refractivity contribution in [2.24, 2.45) is 5.73 Å². The molecule has 2 aromatic carbocycles. The van der Waals surface area contributed by atoms with Crippen LogP contribution in [0.5, 0.6) is 0 Å². The zero-order chi connectivity index (χ0) is 14.5. The van der Waals surface area contributed by atoms with Crippen LogP contribution in [-0.2, 0) is 6.42 Å². The van der Waals surface area contributed by atoms with Gasteiger partial charge in [0.25, 0.3) is 0 Å². The van der Waals surface area contributed by atoms with Gasteiger partial charge in [-0.25, -0.2) is 4.39 Å². The average Bonchev–Trinajstić information content (AvgIpc) is 2.35. The molecule has 20 heavy (non-hydrogen) atoms. The molecular formula is C16H17BrFNS. The van der Waals surface area contributed by atoms with Gasteiger partial charge in [-0.2, -0.15) is 0 Å². The quantitative estimate of drug-likeness (QED) is 0.797. The summed E-state index contributed by atoms with van der Waals surface area (Å²) in [7, 11) is 0. The zero-order valence-electron chi connectivity index (χ0n) is 11.3. The highest BCUT2D eigenvalue weighted by Gasteiger charge is 2.07. The molecule has 0 bridgehead atoms. The van der Waals surface area contributed by atoms with Crippen LogP contribution in [0.2, 0.25) is 0 Å². The van der Waals surface area contributed by atoms with Crippen molar-refractivity contribution in [1.29, 1.82) is 0 Å². The summed E-state index contributed by atoms with van der Waals surface area (Å²) >= 11 is 5.04. The Kier molecular flexibility index (Phi) is 5.64. The second-order valence-corrected chi connectivity index (χ2v) is 6.88. The molecule has 0 spiro atoms. The number of hydrogen-bond donors (Lipinski definition) is 1. The van der Waals surface area contributed by atoms with E-state index in [1.165, 1.54) is 16.5 Å². The molecule has 1 nitrogen and oxygen atoms in total. The normalized spacial score (nSPS) is 12.4. The lowest BCUT2D eigenvalue weighted by Crippen LogP contribution is -2.25. The molecule has 0 radical (unpaired) electrons. The standard InChI is InChI=1S/C16H17BrFNS/c1-11-3-2-4-16(5-11)20-10-15(19)8-12-6-13(17)9-14(18)7-12/h2-7,9,15H,8,10,19H2,1H3. The molecule has 4 heteroatoms. The predicted octanol–water partition coefficient (Wildman–Crippen LogP) is 4.56. The largest absolute Gasteiger partial charge is 0.327 e. The highest BCUT2D eigenvalue weighted by atomic mass is 79.9. The lowest BCUT2D eigenvalue weighted by molar-refractivity contribution is 0.622. The molecule has 1 atom stereocenters. The van der Waals surface area contributed by atoms with E-state index in [2.05, 4.69) is 41.1 Å². The molecule has 2 rings (SSSR count). The summed E-state index contributed by atoms with van der Waals surface area (Å²) in [5.74, 6) is 0.588. The van der Waals surface area contributed by atoms with E-state index in [0.29, 0.717) is 6.42 Å². The van der Waals surface area contributed by atoms with Crippen LogP contribution < -0.4 is 5.73 Å². The summed E-state index contributed by atoms with van der Waals surface area (Å²) in [6.07, 6.45) is 0.676. The molecule has 0 saturated carbocycles. The van der Waals surface area contributed by atoms with Crippen molar-refractivity contribution < 1.29 is 4.39 Å². The Balaban J connectivity index is 1.90. The van der Waals surface area contributed by atoms with Crippen LogP contribution in [0.15, 0.2) is 51.8 Å². The van der Waals surface area contributed by atoms with Crippen molar-refractivity contribution in [2.45, 2.75) is 24.3 Å². The van der Waals surface area contributed by atoms with Crippen molar-refractivity contribution in [3.05, 3.63) is 63.9 Å². The number of rotatable bonds is 5. The number of hydrogen-bond acceptors (Lipinski definition) is 2. The van der Waals surface area contributed by atoms with Crippen molar-refractivity contribution >= 4 is 27.7 Å². The molecule has 2 aromatic rings. The minimum Gasteiger partial charge on any atom is -0.327 e. The first-order chi connectivity index (χ1) is 9.52. The van der Waals surface area contributed by atoms with E-state index in [1.807, 2.05) is 12.1 Å². The summed E-state index contributed by atoms with van der Waals surface area (Å²) < 4.78 is 14.1. The highest BCUT2D eigenvalue weighted by molar-refractivity contribution is 9.10. The highest BCUT2D eigenvalue weighted by Crippen LogP contribution is 2.21. The maximum absolute atomic E-state index is 13.3. The number of aryl methyl sites for hydroxylation is 1. The third-order valence-corrected chi connectivity index (χ3v) is 4.51. The van der Waals surface area contributed by atoms with Gasteiger partial charge in [0.1, 0.15) is 5.82 Å². The van der Waals surface area contributed by atoms with Crippen LogP contribution in [0, 0.1) is 12.7 Å². The molecule has 1 unspecified atom stereocenters. The Morgan fingerprint density at radius 2 is 2.05 bits per heavy atom. The van der Waals surface area contributed by atoms with Gasteiger partial charge in [0.15, 0.2) is 0 Å². The average molecular weight is 354 g/mol. The number of thioether (sulfide) groups is 1. The molecule has 0 aromatic heterocycles. The zero-order valence-corrected chi connectivity index (χ0v) is 13.7. The van der Waals surface area contributed by atoms with Gasteiger partial charge in [-0.1, -0.05) is 33.6 Å². The number of benzene rings is 2. The molecule has 0 saturated heterocycles. The monoisotopic (exact) mass is 353 g/mol. The SMILES string of the molecule is Cc1cccc(SCC(N)Cc2cc(F)cc(Br)c2)c1. The summed E-state index contributed by atoms with van der Waals surface area (Å²) in [4.78, 5) is 1.22. The van der Waals surface area contributed by atoms with E-state index in [1.54, 1.807) is 17.8 Å². The minimum atomic E-state index is -0.229. The number of nitrogens with two attached hydrogens (primary N) is 1. The lowest BCUT2D eigenvalue weighted by Gasteiger charge is -2.12. The Morgan fingerprint density at radius 1 is 1.25 bits per heavy atom. The van der Waals surface area contributed by atoms with Crippen LogP contribution in [0.25, 0.3) is 0 Å².